The third-order valence-electron chi connectivity index (χ3n) is 3.53. The SMILES string of the molecule is Cc1cc(C(O)Cc2nccn2C)c2ccccc2n1. The van der Waals surface area contributed by atoms with Gasteiger partial charge in [-0.15, -0.1) is 0 Å². The molecule has 0 bridgehead atoms. The molecule has 4 heteroatoms. The molecule has 0 fully saturated rings. The topological polar surface area (TPSA) is 50.9 Å². The molecule has 1 aromatic carbocycles. The van der Waals surface area contributed by atoms with Gasteiger partial charge in [0.25, 0.3) is 0 Å². The van der Waals surface area contributed by atoms with Crippen molar-refractivity contribution in [2.24, 2.45) is 7.05 Å². The van der Waals surface area contributed by atoms with Crippen LogP contribution in [0, 0.1) is 6.92 Å². The van der Waals surface area contributed by atoms with E-state index in [0.717, 1.165) is 28.0 Å². The van der Waals surface area contributed by atoms with Crippen LogP contribution < -0.4 is 0 Å². The average molecular weight is 267 g/mol. The van der Waals surface area contributed by atoms with E-state index in [-0.39, 0.29) is 0 Å². The van der Waals surface area contributed by atoms with Gasteiger partial charge in [0.2, 0.25) is 0 Å². The summed E-state index contributed by atoms with van der Waals surface area (Å²) in [5.74, 6) is 0.871. The van der Waals surface area contributed by atoms with Crippen molar-refractivity contribution in [1.29, 1.82) is 0 Å². The number of imidazole rings is 1. The fraction of sp³-hybridized carbons (Fsp3) is 0.250. The summed E-state index contributed by atoms with van der Waals surface area (Å²) in [5, 5.41) is 11.6. The van der Waals surface area contributed by atoms with Gasteiger partial charge in [0.1, 0.15) is 5.82 Å². The number of aliphatic hydroxyl groups is 1. The van der Waals surface area contributed by atoms with E-state index in [4.69, 9.17) is 0 Å². The first kappa shape index (κ1) is 12.8. The lowest BCUT2D eigenvalue weighted by Gasteiger charge is -2.14. The van der Waals surface area contributed by atoms with E-state index in [1.807, 2.05) is 55.1 Å². The smallest absolute Gasteiger partial charge is 0.111 e. The van der Waals surface area contributed by atoms with E-state index in [2.05, 4.69) is 9.97 Å². The lowest BCUT2D eigenvalue weighted by Crippen LogP contribution is -2.08. The zero-order valence-corrected chi connectivity index (χ0v) is 11.6. The van der Waals surface area contributed by atoms with Gasteiger partial charge in [-0.1, -0.05) is 18.2 Å². The molecular formula is C16H17N3O. The van der Waals surface area contributed by atoms with E-state index in [1.165, 1.54) is 0 Å². The van der Waals surface area contributed by atoms with Gasteiger partial charge in [-0.25, -0.2) is 4.98 Å². The maximum absolute atomic E-state index is 10.6. The number of rotatable bonds is 3. The Labute approximate surface area is 117 Å². The maximum Gasteiger partial charge on any atom is 0.111 e. The molecule has 0 aliphatic rings. The second-order valence-corrected chi connectivity index (χ2v) is 5.04. The lowest BCUT2D eigenvalue weighted by molar-refractivity contribution is 0.176. The van der Waals surface area contributed by atoms with Crippen molar-refractivity contribution in [1.82, 2.24) is 14.5 Å². The van der Waals surface area contributed by atoms with E-state index in [1.54, 1.807) is 6.20 Å². The highest BCUT2D eigenvalue weighted by Crippen LogP contribution is 2.26. The third-order valence-corrected chi connectivity index (χ3v) is 3.53. The Bertz CT molecular complexity index is 748. The van der Waals surface area contributed by atoms with Gasteiger partial charge in [0.05, 0.1) is 11.6 Å². The van der Waals surface area contributed by atoms with Crippen LogP contribution in [0.15, 0.2) is 42.7 Å². The van der Waals surface area contributed by atoms with Crippen molar-refractivity contribution >= 4 is 10.9 Å². The van der Waals surface area contributed by atoms with E-state index in [0.29, 0.717) is 6.42 Å². The summed E-state index contributed by atoms with van der Waals surface area (Å²) >= 11 is 0. The van der Waals surface area contributed by atoms with Crippen LogP contribution in [0.5, 0.6) is 0 Å². The number of aryl methyl sites for hydroxylation is 2. The minimum atomic E-state index is -0.581. The number of hydrogen-bond acceptors (Lipinski definition) is 3. The van der Waals surface area contributed by atoms with Gasteiger partial charge in [-0.3, -0.25) is 4.98 Å². The number of aromatic nitrogens is 3. The minimum Gasteiger partial charge on any atom is -0.388 e. The van der Waals surface area contributed by atoms with Crippen LogP contribution in [-0.2, 0) is 13.5 Å². The molecule has 0 radical (unpaired) electrons. The molecule has 0 saturated heterocycles. The Morgan fingerprint density at radius 3 is 2.85 bits per heavy atom. The molecule has 20 heavy (non-hydrogen) atoms. The number of aliphatic hydroxyl groups excluding tert-OH is 1. The van der Waals surface area contributed by atoms with Gasteiger partial charge in [0.15, 0.2) is 0 Å². The highest BCUT2D eigenvalue weighted by molar-refractivity contribution is 5.82. The molecule has 1 N–H and O–H groups in total. The maximum atomic E-state index is 10.6. The largest absolute Gasteiger partial charge is 0.388 e. The Kier molecular flexibility index (Phi) is 3.24. The molecule has 4 nitrogen and oxygen atoms in total. The first-order valence-corrected chi connectivity index (χ1v) is 6.65. The Balaban J connectivity index is 2.03. The van der Waals surface area contributed by atoms with Crippen LogP contribution in [0.25, 0.3) is 10.9 Å². The Morgan fingerprint density at radius 2 is 2.10 bits per heavy atom. The summed E-state index contributed by atoms with van der Waals surface area (Å²) in [4.78, 5) is 8.77. The molecule has 0 saturated carbocycles. The fourth-order valence-electron chi connectivity index (χ4n) is 2.49. The summed E-state index contributed by atoms with van der Waals surface area (Å²) in [7, 11) is 1.94. The molecule has 0 amide bonds. The highest BCUT2D eigenvalue weighted by atomic mass is 16.3. The van der Waals surface area contributed by atoms with Crippen molar-refractivity contribution in [3.63, 3.8) is 0 Å². The van der Waals surface area contributed by atoms with E-state index >= 15 is 0 Å². The Morgan fingerprint density at radius 1 is 1.30 bits per heavy atom. The average Bonchev–Trinajstić information content (AvgIpc) is 2.83. The zero-order chi connectivity index (χ0) is 14.1. The van der Waals surface area contributed by atoms with Gasteiger partial charge >= 0.3 is 0 Å². The van der Waals surface area contributed by atoms with Crippen molar-refractivity contribution in [3.8, 4) is 0 Å². The second-order valence-electron chi connectivity index (χ2n) is 5.04. The monoisotopic (exact) mass is 267 g/mol. The van der Waals surface area contributed by atoms with Crippen molar-refractivity contribution in [2.45, 2.75) is 19.4 Å². The number of para-hydroxylation sites is 1. The molecular weight excluding hydrogens is 250 g/mol. The lowest BCUT2D eigenvalue weighted by atomic mass is 10.0. The molecule has 3 rings (SSSR count). The molecule has 2 aromatic heterocycles. The predicted octanol–water partition coefficient (Wildman–Crippen LogP) is 2.55. The molecule has 2 heterocycles. The van der Waals surface area contributed by atoms with Gasteiger partial charge in [0, 0.05) is 36.9 Å². The number of nitrogens with zero attached hydrogens (tertiary/aromatic N) is 3. The molecule has 3 aromatic rings. The number of benzene rings is 1. The van der Waals surface area contributed by atoms with Crippen LogP contribution in [0.3, 0.4) is 0 Å². The van der Waals surface area contributed by atoms with Crippen molar-refractivity contribution < 1.29 is 5.11 Å². The van der Waals surface area contributed by atoms with Gasteiger partial charge < -0.3 is 9.67 Å². The first-order valence-electron chi connectivity index (χ1n) is 6.65. The van der Waals surface area contributed by atoms with Crippen LogP contribution in [-0.4, -0.2) is 19.6 Å². The predicted molar refractivity (Wildman–Crippen MR) is 78.4 cm³/mol. The standard InChI is InChI=1S/C16H17N3O/c1-11-9-13(12-5-3-4-6-14(12)18-11)15(20)10-16-17-7-8-19(16)2/h3-9,15,20H,10H2,1-2H3. The summed E-state index contributed by atoms with van der Waals surface area (Å²) < 4.78 is 1.93. The van der Waals surface area contributed by atoms with Crippen LogP contribution in [0.4, 0.5) is 0 Å². The summed E-state index contributed by atoms with van der Waals surface area (Å²) in [6.45, 7) is 1.95. The van der Waals surface area contributed by atoms with Crippen LogP contribution in [0.1, 0.15) is 23.2 Å². The molecule has 1 atom stereocenters. The van der Waals surface area contributed by atoms with Crippen molar-refractivity contribution in [2.75, 3.05) is 0 Å². The molecule has 0 aliphatic heterocycles. The molecule has 0 aliphatic carbocycles. The van der Waals surface area contributed by atoms with Crippen LogP contribution in [0.2, 0.25) is 0 Å². The molecule has 1 unspecified atom stereocenters. The Hall–Kier alpha value is -2.20. The quantitative estimate of drug-likeness (QED) is 0.793. The van der Waals surface area contributed by atoms with Gasteiger partial charge in [-0.05, 0) is 24.6 Å². The number of fused-ring (bicyclic) bond motifs is 1. The molecule has 0 spiro atoms. The number of pyridine rings is 1. The fourth-order valence-corrected chi connectivity index (χ4v) is 2.49. The summed E-state index contributed by atoms with van der Waals surface area (Å²) in [6, 6.07) is 9.86. The molecule has 102 valence electrons. The normalized spacial score (nSPS) is 12.8. The minimum absolute atomic E-state index is 0.497. The van der Waals surface area contributed by atoms with E-state index < -0.39 is 6.10 Å². The first-order chi connectivity index (χ1) is 9.65. The van der Waals surface area contributed by atoms with Crippen LogP contribution >= 0.6 is 0 Å². The number of hydrogen-bond donors (Lipinski definition) is 1. The highest BCUT2D eigenvalue weighted by Gasteiger charge is 2.15. The summed E-state index contributed by atoms with van der Waals surface area (Å²) in [5.41, 5.74) is 2.75. The van der Waals surface area contributed by atoms with E-state index in [9.17, 15) is 5.11 Å². The zero-order valence-electron chi connectivity index (χ0n) is 11.6. The third kappa shape index (κ3) is 2.30. The second kappa shape index (κ2) is 5.06. The van der Waals surface area contributed by atoms with Crippen molar-refractivity contribution in [3.05, 3.63) is 59.8 Å². The van der Waals surface area contributed by atoms with Gasteiger partial charge in [-0.2, -0.15) is 0 Å². The summed E-state index contributed by atoms with van der Waals surface area (Å²) in [6.07, 6.45) is 3.55.